The van der Waals surface area contributed by atoms with Crippen LogP contribution in [-0.4, -0.2) is 9.97 Å². The molecule has 0 amide bonds. The minimum absolute atomic E-state index is 0.169. The van der Waals surface area contributed by atoms with E-state index in [0.717, 1.165) is 11.3 Å². The van der Waals surface area contributed by atoms with Crippen LogP contribution in [0.25, 0.3) is 11.3 Å². The molecule has 72 valence electrons. The Bertz CT molecular complexity index is 514. The van der Waals surface area contributed by atoms with E-state index in [1.54, 1.807) is 24.4 Å². The molecule has 0 spiro atoms. The number of hydrogen-bond acceptors (Lipinski definition) is 3. The molecule has 0 saturated heterocycles. The van der Waals surface area contributed by atoms with Gasteiger partial charge in [0, 0.05) is 16.8 Å². The highest BCUT2D eigenvalue weighted by Crippen LogP contribution is 2.18. The number of benzene rings is 1. The van der Waals surface area contributed by atoms with Crippen molar-refractivity contribution in [3.8, 4) is 17.3 Å². The summed E-state index contributed by atoms with van der Waals surface area (Å²) in [7, 11) is 0. The number of halogens is 1. The van der Waals surface area contributed by atoms with Crippen molar-refractivity contribution in [1.29, 1.82) is 5.26 Å². The van der Waals surface area contributed by atoms with E-state index in [0.29, 0.717) is 5.02 Å². The molecule has 0 saturated carbocycles. The van der Waals surface area contributed by atoms with Crippen molar-refractivity contribution >= 4 is 11.6 Å². The zero-order chi connectivity index (χ0) is 10.7. The van der Waals surface area contributed by atoms with Crippen LogP contribution in [-0.2, 0) is 0 Å². The molecule has 3 nitrogen and oxygen atoms in total. The molecular weight excluding hydrogens is 210 g/mol. The molecule has 0 radical (unpaired) electrons. The molecule has 0 bridgehead atoms. The average Bonchev–Trinajstić information content (AvgIpc) is 2.30. The summed E-state index contributed by atoms with van der Waals surface area (Å²) < 4.78 is 0. The normalized spacial score (nSPS) is 9.60. The van der Waals surface area contributed by atoms with Crippen LogP contribution in [0.15, 0.2) is 36.5 Å². The highest BCUT2D eigenvalue weighted by Gasteiger charge is 2.00. The number of aromatic nitrogens is 2. The van der Waals surface area contributed by atoms with Gasteiger partial charge in [-0.1, -0.05) is 23.7 Å². The van der Waals surface area contributed by atoms with Crippen LogP contribution < -0.4 is 0 Å². The lowest BCUT2D eigenvalue weighted by atomic mass is 10.1. The van der Waals surface area contributed by atoms with Gasteiger partial charge in [-0.05, 0) is 18.2 Å². The molecule has 0 aliphatic heterocycles. The summed E-state index contributed by atoms with van der Waals surface area (Å²) in [5.74, 6) is 0.169. The van der Waals surface area contributed by atoms with Crippen LogP contribution in [0.5, 0.6) is 0 Å². The van der Waals surface area contributed by atoms with Crippen molar-refractivity contribution in [3.05, 3.63) is 47.4 Å². The van der Waals surface area contributed by atoms with Gasteiger partial charge in [0.1, 0.15) is 6.07 Å². The molecule has 4 heteroatoms. The molecule has 0 fully saturated rings. The standard InChI is InChI=1S/C11H6ClN3/c12-9-3-1-8(2-4-9)10-5-6-14-11(7-13)15-10/h1-6H. The Labute approximate surface area is 92.0 Å². The molecule has 1 aromatic heterocycles. The first-order valence-electron chi connectivity index (χ1n) is 4.28. The molecule has 0 aliphatic rings. The lowest BCUT2D eigenvalue weighted by Crippen LogP contribution is -1.90. The lowest BCUT2D eigenvalue weighted by molar-refractivity contribution is 1.12. The van der Waals surface area contributed by atoms with Gasteiger partial charge in [0.15, 0.2) is 0 Å². The van der Waals surface area contributed by atoms with E-state index in [1.165, 1.54) is 0 Å². The molecule has 0 atom stereocenters. The topological polar surface area (TPSA) is 49.6 Å². The molecule has 1 heterocycles. The Hall–Kier alpha value is -1.92. The van der Waals surface area contributed by atoms with Crippen LogP contribution >= 0.6 is 11.6 Å². The minimum atomic E-state index is 0.169. The Morgan fingerprint density at radius 3 is 2.53 bits per heavy atom. The van der Waals surface area contributed by atoms with Crippen molar-refractivity contribution in [2.45, 2.75) is 0 Å². The van der Waals surface area contributed by atoms with Crippen LogP contribution in [0, 0.1) is 11.3 Å². The van der Waals surface area contributed by atoms with E-state index in [-0.39, 0.29) is 5.82 Å². The third kappa shape index (κ3) is 2.12. The van der Waals surface area contributed by atoms with Crippen molar-refractivity contribution in [2.24, 2.45) is 0 Å². The van der Waals surface area contributed by atoms with Gasteiger partial charge in [-0.2, -0.15) is 5.26 Å². The van der Waals surface area contributed by atoms with E-state index >= 15 is 0 Å². The van der Waals surface area contributed by atoms with Crippen molar-refractivity contribution in [1.82, 2.24) is 9.97 Å². The quantitative estimate of drug-likeness (QED) is 0.735. The van der Waals surface area contributed by atoms with E-state index in [4.69, 9.17) is 16.9 Å². The molecule has 0 aliphatic carbocycles. The van der Waals surface area contributed by atoms with Crippen molar-refractivity contribution in [3.63, 3.8) is 0 Å². The van der Waals surface area contributed by atoms with E-state index in [9.17, 15) is 0 Å². The predicted octanol–water partition coefficient (Wildman–Crippen LogP) is 2.67. The minimum Gasteiger partial charge on any atom is -0.227 e. The maximum atomic E-state index is 8.66. The fourth-order valence-corrected chi connectivity index (χ4v) is 1.32. The van der Waals surface area contributed by atoms with E-state index < -0.39 is 0 Å². The largest absolute Gasteiger partial charge is 0.232 e. The van der Waals surface area contributed by atoms with Gasteiger partial charge < -0.3 is 0 Å². The molecule has 1 aromatic carbocycles. The van der Waals surface area contributed by atoms with E-state index in [2.05, 4.69) is 9.97 Å². The Morgan fingerprint density at radius 2 is 1.87 bits per heavy atom. The third-order valence-electron chi connectivity index (χ3n) is 1.90. The van der Waals surface area contributed by atoms with Gasteiger partial charge in [-0.3, -0.25) is 0 Å². The molecule has 2 rings (SSSR count). The lowest BCUT2D eigenvalue weighted by Gasteiger charge is -1.99. The van der Waals surface area contributed by atoms with Gasteiger partial charge in [0.2, 0.25) is 5.82 Å². The molecular formula is C11H6ClN3. The fraction of sp³-hybridized carbons (Fsp3) is 0. The van der Waals surface area contributed by atoms with E-state index in [1.807, 2.05) is 18.2 Å². The van der Waals surface area contributed by atoms with Gasteiger partial charge in [0.25, 0.3) is 0 Å². The second kappa shape index (κ2) is 4.07. The summed E-state index contributed by atoms with van der Waals surface area (Å²) >= 11 is 5.77. The summed E-state index contributed by atoms with van der Waals surface area (Å²) in [6.07, 6.45) is 1.56. The molecule has 2 aromatic rings. The number of nitriles is 1. The van der Waals surface area contributed by atoms with Crippen molar-refractivity contribution in [2.75, 3.05) is 0 Å². The Balaban J connectivity index is 2.46. The predicted molar refractivity (Wildman–Crippen MR) is 57.2 cm³/mol. The highest BCUT2D eigenvalue weighted by atomic mass is 35.5. The zero-order valence-electron chi connectivity index (χ0n) is 7.68. The maximum absolute atomic E-state index is 8.66. The highest BCUT2D eigenvalue weighted by molar-refractivity contribution is 6.30. The Morgan fingerprint density at radius 1 is 1.13 bits per heavy atom. The second-order valence-corrected chi connectivity index (χ2v) is 3.32. The van der Waals surface area contributed by atoms with Gasteiger partial charge in [-0.25, -0.2) is 9.97 Å². The first kappa shape index (κ1) is 9.63. The number of hydrogen-bond donors (Lipinski definition) is 0. The summed E-state index contributed by atoms with van der Waals surface area (Å²) in [6.45, 7) is 0. The second-order valence-electron chi connectivity index (χ2n) is 2.88. The van der Waals surface area contributed by atoms with Gasteiger partial charge >= 0.3 is 0 Å². The molecule has 15 heavy (non-hydrogen) atoms. The first-order valence-corrected chi connectivity index (χ1v) is 4.66. The monoisotopic (exact) mass is 215 g/mol. The van der Waals surface area contributed by atoms with Crippen LogP contribution in [0.3, 0.4) is 0 Å². The van der Waals surface area contributed by atoms with Gasteiger partial charge in [0.05, 0.1) is 5.69 Å². The summed E-state index contributed by atoms with van der Waals surface area (Å²) in [5, 5.41) is 9.33. The van der Waals surface area contributed by atoms with Crippen LogP contribution in [0.2, 0.25) is 5.02 Å². The average molecular weight is 216 g/mol. The summed E-state index contributed by atoms with van der Waals surface area (Å²) in [4.78, 5) is 7.88. The van der Waals surface area contributed by atoms with Crippen LogP contribution in [0.1, 0.15) is 5.82 Å². The summed E-state index contributed by atoms with van der Waals surface area (Å²) in [5.41, 5.74) is 1.64. The first-order chi connectivity index (χ1) is 7.29. The Kier molecular flexibility index (Phi) is 2.61. The maximum Gasteiger partial charge on any atom is 0.232 e. The fourth-order valence-electron chi connectivity index (χ4n) is 1.19. The number of nitrogens with zero attached hydrogens (tertiary/aromatic N) is 3. The van der Waals surface area contributed by atoms with Crippen molar-refractivity contribution < 1.29 is 0 Å². The zero-order valence-corrected chi connectivity index (χ0v) is 8.44. The SMILES string of the molecule is N#Cc1nccc(-c2ccc(Cl)cc2)n1. The molecule has 0 N–H and O–H groups in total. The smallest absolute Gasteiger partial charge is 0.227 e. The number of rotatable bonds is 1. The van der Waals surface area contributed by atoms with Crippen LogP contribution in [0.4, 0.5) is 0 Å². The molecule has 0 unspecified atom stereocenters. The third-order valence-corrected chi connectivity index (χ3v) is 2.15. The van der Waals surface area contributed by atoms with Gasteiger partial charge in [-0.15, -0.1) is 0 Å². The summed E-state index contributed by atoms with van der Waals surface area (Å²) in [6, 6.07) is 10.9.